The van der Waals surface area contributed by atoms with E-state index in [1.165, 1.54) is 22.9 Å². The van der Waals surface area contributed by atoms with E-state index < -0.39 is 0 Å². The van der Waals surface area contributed by atoms with E-state index in [9.17, 15) is 0 Å². The Hall–Kier alpha value is -0.440. The summed E-state index contributed by atoms with van der Waals surface area (Å²) in [6, 6.07) is 0. The average Bonchev–Trinajstić information content (AvgIpc) is 2.46. The third kappa shape index (κ3) is 1.38. The molecule has 0 unspecified atom stereocenters. The van der Waals surface area contributed by atoms with E-state index in [4.69, 9.17) is 0 Å². The first kappa shape index (κ1) is 8.17. The van der Waals surface area contributed by atoms with Crippen molar-refractivity contribution in [1.29, 1.82) is 0 Å². The summed E-state index contributed by atoms with van der Waals surface area (Å²) in [4.78, 5) is 0. The molecule has 1 saturated carbocycles. The smallest absolute Gasteiger partial charge is 0.120 e. The normalized spacial score (nSPS) is 28.5. The molecular formula is C9H14N2S. The highest BCUT2D eigenvalue weighted by Crippen LogP contribution is 2.41. The van der Waals surface area contributed by atoms with Crippen LogP contribution < -0.4 is 0 Å². The van der Waals surface area contributed by atoms with Crippen LogP contribution in [0.2, 0.25) is 0 Å². The molecule has 3 heteroatoms. The minimum atomic E-state index is 0.734. The van der Waals surface area contributed by atoms with Crippen LogP contribution in [0.4, 0.5) is 0 Å². The van der Waals surface area contributed by atoms with Gasteiger partial charge in [-0.1, -0.05) is 13.8 Å². The van der Waals surface area contributed by atoms with Crippen molar-refractivity contribution in [2.24, 2.45) is 5.92 Å². The highest BCUT2D eigenvalue weighted by Gasteiger charge is 2.29. The van der Waals surface area contributed by atoms with Crippen LogP contribution >= 0.6 is 11.3 Å². The van der Waals surface area contributed by atoms with Crippen molar-refractivity contribution in [2.45, 2.75) is 39.0 Å². The van der Waals surface area contributed by atoms with Crippen molar-refractivity contribution >= 4 is 11.3 Å². The van der Waals surface area contributed by atoms with Gasteiger partial charge >= 0.3 is 0 Å². The van der Waals surface area contributed by atoms with Crippen LogP contribution in [0.1, 0.15) is 42.6 Å². The van der Waals surface area contributed by atoms with Gasteiger partial charge in [0.25, 0.3) is 0 Å². The third-order valence-electron chi connectivity index (χ3n) is 2.51. The maximum atomic E-state index is 4.21. The zero-order chi connectivity index (χ0) is 8.55. The van der Waals surface area contributed by atoms with Gasteiger partial charge in [-0.2, -0.15) is 0 Å². The summed E-state index contributed by atoms with van der Waals surface area (Å²) < 4.78 is 0. The second kappa shape index (κ2) is 3.13. The predicted molar refractivity (Wildman–Crippen MR) is 50.4 cm³/mol. The SMILES string of the molecule is CCc1nnc(C2CC(C)C2)s1. The quantitative estimate of drug-likeness (QED) is 0.702. The molecule has 1 fully saturated rings. The lowest BCUT2D eigenvalue weighted by Crippen LogP contribution is -2.18. The number of nitrogens with zero attached hydrogens (tertiary/aromatic N) is 2. The Morgan fingerprint density at radius 2 is 2.17 bits per heavy atom. The fourth-order valence-electron chi connectivity index (χ4n) is 1.68. The Balaban J connectivity index is 2.04. The van der Waals surface area contributed by atoms with Crippen LogP contribution in [0.5, 0.6) is 0 Å². The fraction of sp³-hybridized carbons (Fsp3) is 0.778. The lowest BCUT2D eigenvalue weighted by molar-refractivity contribution is 0.287. The summed E-state index contributed by atoms with van der Waals surface area (Å²) >= 11 is 1.80. The molecule has 0 aliphatic heterocycles. The number of hydrogen-bond donors (Lipinski definition) is 0. The Morgan fingerprint density at radius 3 is 2.67 bits per heavy atom. The summed E-state index contributed by atoms with van der Waals surface area (Å²) in [5.41, 5.74) is 0. The molecule has 0 saturated heterocycles. The van der Waals surface area contributed by atoms with Crippen molar-refractivity contribution < 1.29 is 0 Å². The number of rotatable bonds is 2. The fourth-order valence-corrected chi connectivity index (χ4v) is 2.59. The van der Waals surface area contributed by atoms with E-state index in [-0.39, 0.29) is 0 Å². The lowest BCUT2D eigenvalue weighted by atomic mass is 9.77. The molecule has 12 heavy (non-hydrogen) atoms. The molecule has 0 amide bonds. The van der Waals surface area contributed by atoms with Crippen molar-refractivity contribution in [1.82, 2.24) is 10.2 Å². The molecule has 0 atom stereocenters. The first-order chi connectivity index (χ1) is 5.79. The van der Waals surface area contributed by atoms with Crippen LogP contribution in [0.3, 0.4) is 0 Å². The van der Waals surface area contributed by atoms with Crippen molar-refractivity contribution in [2.75, 3.05) is 0 Å². The van der Waals surface area contributed by atoms with Crippen LogP contribution in [0.15, 0.2) is 0 Å². The van der Waals surface area contributed by atoms with Gasteiger partial charge in [-0.05, 0) is 25.2 Å². The molecule has 0 N–H and O–H groups in total. The zero-order valence-electron chi connectivity index (χ0n) is 7.58. The minimum Gasteiger partial charge on any atom is -0.144 e. The van der Waals surface area contributed by atoms with Crippen LogP contribution in [0, 0.1) is 5.92 Å². The van der Waals surface area contributed by atoms with Gasteiger partial charge in [0, 0.05) is 5.92 Å². The number of hydrogen-bond acceptors (Lipinski definition) is 3. The maximum Gasteiger partial charge on any atom is 0.120 e. The molecule has 0 aromatic carbocycles. The van der Waals surface area contributed by atoms with E-state index in [1.54, 1.807) is 11.3 Å². The van der Waals surface area contributed by atoms with E-state index in [0.29, 0.717) is 0 Å². The predicted octanol–water partition coefficient (Wildman–Crippen LogP) is 2.61. The van der Waals surface area contributed by atoms with Gasteiger partial charge in [0.2, 0.25) is 0 Å². The van der Waals surface area contributed by atoms with Gasteiger partial charge in [0.05, 0.1) is 0 Å². The maximum absolute atomic E-state index is 4.21. The summed E-state index contributed by atoms with van der Waals surface area (Å²) in [5.74, 6) is 1.64. The van der Waals surface area contributed by atoms with E-state index >= 15 is 0 Å². The van der Waals surface area contributed by atoms with Gasteiger partial charge in [0.15, 0.2) is 0 Å². The Bertz CT molecular complexity index is 263. The molecule has 1 aliphatic rings. The van der Waals surface area contributed by atoms with Crippen molar-refractivity contribution in [3.05, 3.63) is 10.0 Å². The van der Waals surface area contributed by atoms with E-state index in [0.717, 1.165) is 18.3 Å². The van der Waals surface area contributed by atoms with Gasteiger partial charge < -0.3 is 0 Å². The topological polar surface area (TPSA) is 25.8 Å². The van der Waals surface area contributed by atoms with Crippen molar-refractivity contribution in [3.8, 4) is 0 Å². The zero-order valence-corrected chi connectivity index (χ0v) is 8.40. The summed E-state index contributed by atoms with van der Waals surface area (Å²) in [6.07, 6.45) is 3.66. The second-order valence-electron chi connectivity index (χ2n) is 3.66. The molecule has 1 aromatic rings. The van der Waals surface area contributed by atoms with Crippen LogP contribution in [-0.2, 0) is 6.42 Å². The first-order valence-electron chi connectivity index (χ1n) is 4.62. The largest absolute Gasteiger partial charge is 0.144 e. The minimum absolute atomic E-state index is 0.734. The third-order valence-corrected chi connectivity index (χ3v) is 3.74. The molecule has 0 radical (unpaired) electrons. The molecule has 2 rings (SSSR count). The summed E-state index contributed by atoms with van der Waals surface area (Å²) in [6.45, 7) is 4.44. The molecule has 0 bridgehead atoms. The average molecular weight is 182 g/mol. The summed E-state index contributed by atoms with van der Waals surface area (Å²) in [7, 11) is 0. The van der Waals surface area contributed by atoms with E-state index in [2.05, 4.69) is 24.0 Å². The van der Waals surface area contributed by atoms with Crippen molar-refractivity contribution in [3.63, 3.8) is 0 Å². The van der Waals surface area contributed by atoms with Gasteiger partial charge in [-0.3, -0.25) is 0 Å². The standard InChI is InChI=1S/C9H14N2S/c1-3-8-10-11-9(12-8)7-4-6(2)5-7/h6-7H,3-5H2,1-2H3. The molecule has 66 valence electrons. The van der Waals surface area contributed by atoms with E-state index in [1.807, 2.05) is 0 Å². The Labute approximate surface area is 77.0 Å². The molecule has 1 aliphatic carbocycles. The lowest BCUT2D eigenvalue weighted by Gasteiger charge is -2.30. The number of aromatic nitrogens is 2. The van der Waals surface area contributed by atoms with Gasteiger partial charge in [-0.25, -0.2) is 0 Å². The Kier molecular flexibility index (Phi) is 2.13. The second-order valence-corrected chi connectivity index (χ2v) is 4.75. The highest BCUT2D eigenvalue weighted by atomic mass is 32.1. The number of aryl methyl sites for hydroxylation is 1. The Morgan fingerprint density at radius 1 is 1.42 bits per heavy atom. The van der Waals surface area contributed by atoms with Gasteiger partial charge in [0.1, 0.15) is 10.0 Å². The molecule has 0 spiro atoms. The van der Waals surface area contributed by atoms with Gasteiger partial charge in [-0.15, -0.1) is 21.5 Å². The van der Waals surface area contributed by atoms with Crippen LogP contribution in [-0.4, -0.2) is 10.2 Å². The molecular weight excluding hydrogens is 168 g/mol. The van der Waals surface area contributed by atoms with Crippen LogP contribution in [0.25, 0.3) is 0 Å². The first-order valence-corrected chi connectivity index (χ1v) is 5.43. The molecule has 1 aromatic heterocycles. The highest BCUT2D eigenvalue weighted by molar-refractivity contribution is 7.11. The molecule has 2 nitrogen and oxygen atoms in total. The monoisotopic (exact) mass is 182 g/mol. The summed E-state index contributed by atoms with van der Waals surface area (Å²) in [5, 5.41) is 10.8. The molecule has 1 heterocycles.